The summed E-state index contributed by atoms with van der Waals surface area (Å²) < 4.78 is 1.57. The maximum atomic E-state index is 10.6. The number of nitrogens with one attached hydrogen (secondary N) is 1. The third-order valence-electron chi connectivity index (χ3n) is 1.42. The first-order valence-corrected chi connectivity index (χ1v) is 3.44. The van der Waals surface area contributed by atoms with E-state index in [0.717, 1.165) is 0 Å². The molecule has 0 unspecified atom stereocenters. The van der Waals surface area contributed by atoms with E-state index in [1.54, 1.807) is 10.8 Å². The van der Waals surface area contributed by atoms with Crippen molar-refractivity contribution in [2.45, 2.75) is 19.9 Å². The zero-order chi connectivity index (χ0) is 8.43. The number of hydrogen-bond donors (Lipinski definition) is 2. The van der Waals surface area contributed by atoms with Gasteiger partial charge in [-0.05, 0) is 13.8 Å². The van der Waals surface area contributed by atoms with Gasteiger partial charge < -0.3 is 5.11 Å². The molecule has 0 bridgehead atoms. The molecule has 0 aliphatic rings. The number of aromatic hydroxyl groups is 1. The van der Waals surface area contributed by atoms with Gasteiger partial charge in [-0.15, -0.1) is 0 Å². The van der Waals surface area contributed by atoms with Crippen molar-refractivity contribution in [1.29, 1.82) is 0 Å². The van der Waals surface area contributed by atoms with E-state index >= 15 is 0 Å². The van der Waals surface area contributed by atoms with Crippen molar-refractivity contribution < 1.29 is 9.67 Å². The first kappa shape index (κ1) is 7.78. The van der Waals surface area contributed by atoms with Crippen molar-refractivity contribution in [3.05, 3.63) is 22.6 Å². The molecule has 0 amide bonds. The van der Waals surface area contributed by atoms with Crippen LogP contribution in [0.2, 0.25) is 0 Å². The van der Waals surface area contributed by atoms with E-state index in [1.165, 1.54) is 6.07 Å². The molecule has 1 heterocycles. The summed E-state index contributed by atoms with van der Waals surface area (Å²) in [4.78, 5) is 12.9. The minimum Gasteiger partial charge on any atom is -0.446 e. The molecule has 0 radical (unpaired) electrons. The third kappa shape index (κ3) is 1.58. The van der Waals surface area contributed by atoms with Gasteiger partial charge in [0.15, 0.2) is 0 Å². The van der Waals surface area contributed by atoms with Gasteiger partial charge in [0, 0.05) is 0 Å². The second kappa shape index (κ2) is 2.74. The fourth-order valence-corrected chi connectivity index (χ4v) is 0.852. The number of aromatic amines is 1. The van der Waals surface area contributed by atoms with Crippen LogP contribution in [0.4, 0.5) is 0 Å². The van der Waals surface area contributed by atoms with Gasteiger partial charge >= 0.3 is 11.6 Å². The molecule has 0 fully saturated rings. The van der Waals surface area contributed by atoms with Crippen molar-refractivity contribution >= 4 is 0 Å². The lowest BCUT2D eigenvalue weighted by Crippen LogP contribution is -2.38. The van der Waals surface area contributed by atoms with E-state index in [2.05, 4.69) is 4.98 Å². The molecule has 1 aromatic rings. The Morgan fingerprint density at radius 1 is 1.64 bits per heavy atom. The first-order chi connectivity index (χ1) is 5.11. The molecule has 11 heavy (non-hydrogen) atoms. The Labute approximate surface area is 64.1 Å². The van der Waals surface area contributed by atoms with Crippen LogP contribution in [0.15, 0.2) is 17.1 Å². The second-order valence-corrected chi connectivity index (χ2v) is 2.63. The summed E-state index contributed by atoms with van der Waals surface area (Å²) in [5.74, 6) is 0. The summed E-state index contributed by atoms with van der Waals surface area (Å²) in [5.41, 5.74) is -0.292. The normalized spacial score (nSPS) is 10.5. The summed E-state index contributed by atoms with van der Waals surface area (Å²) in [6.45, 7) is 3.83. The van der Waals surface area contributed by atoms with E-state index < -0.39 is 0 Å². The Kier molecular flexibility index (Phi) is 1.94. The fourth-order valence-electron chi connectivity index (χ4n) is 0.852. The number of aromatic nitrogens is 2. The predicted octanol–water partition coefficient (Wildman–Crippen LogP) is -0.0511. The van der Waals surface area contributed by atoms with E-state index in [1.807, 2.05) is 13.8 Å². The van der Waals surface area contributed by atoms with Gasteiger partial charge in [0.2, 0.25) is 0 Å². The molecule has 60 valence electrons. The third-order valence-corrected chi connectivity index (χ3v) is 1.42. The van der Waals surface area contributed by atoms with Gasteiger partial charge in [-0.3, -0.25) is 0 Å². The van der Waals surface area contributed by atoms with Crippen molar-refractivity contribution in [2.24, 2.45) is 0 Å². The monoisotopic (exact) mass is 155 g/mol. The average Bonchev–Trinajstić information content (AvgIpc) is 1.85. The Balaban J connectivity index is 3.20. The molecule has 4 heteroatoms. The molecule has 0 spiro atoms. The van der Waals surface area contributed by atoms with E-state index in [9.17, 15) is 4.79 Å². The lowest BCUT2D eigenvalue weighted by Gasteiger charge is -2.02. The topological polar surface area (TPSA) is 57.0 Å². The summed E-state index contributed by atoms with van der Waals surface area (Å²) in [6, 6.07) is 1.42. The highest BCUT2D eigenvalue weighted by molar-refractivity contribution is 4.82. The Morgan fingerprint density at radius 2 is 2.27 bits per heavy atom. The molecular weight excluding hydrogens is 144 g/mol. The molecule has 0 atom stereocenters. The molecule has 0 aliphatic carbocycles. The summed E-state index contributed by atoms with van der Waals surface area (Å²) >= 11 is 0. The standard InChI is InChI=1S/C7H10N2O2/c1-5(2)9-4-3-6(10)8-7(9)11/h3-5H,1-2H3,(H,8,10,11)/p+1. The van der Waals surface area contributed by atoms with Crippen LogP contribution in [0.1, 0.15) is 19.9 Å². The van der Waals surface area contributed by atoms with E-state index in [0.29, 0.717) is 0 Å². The average molecular weight is 155 g/mol. The van der Waals surface area contributed by atoms with Gasteiger partial charge in [0.05, 0.1) is 12.1 Å². The zero-order valence-electron chi connectivity index (χ0n) is 6.53. The molecule has 4 nitrogen and oxygen atoms in total. The molecule has 1 aromatic heterocycles. The van der Waals surface area contributed by atoms with Crippen LogP contribution in [0.25, 0.3) is 0 Å². The number of rotatable bonds is 1. The van der Waals surface area contributed by atoms with Crippen molar-refractivity contribution in [3.8, 4) is 6.01 Å². The van der Waals surface area contributed by atoms with Gasteiger partial charge in [-0.1, -0.05) is 0 Å². The molecule has 0 aliphatic heterocycles. The highest BCUT2D eigenvalue weighted by atomic mass is 16.3. The Hall–Kier alpha value is -1.32. The molecule has 0 saturated carbocycles. The van der Waals surface area contributed by atoms with Gasteiger partial charge in [0.1, 0.15) is 6.20 Å². The maximum absolute atomic E-state index is 10.6. The minimum atomic E-state index is -0.292. The lowest BCUT2D eigenvalue weighted by molar-refractivity contribution is -0.724. The Bertz CT molecular complexity index is 304. The van der Waals surface area contributed by atoms with Gasteiger partial charge in [-0.2, -0.15) is 9.55 Å². The number of hydrogen-bond acceptors (Lipinski definition) is 2. The van der Waals surface area contributed by atoms with Crippen LogP contribution < -0.4 is 10.1 Å². The van der Waals surface area contributed by atoms with Crippen LogP contribution in [-0.2, 0) is 0 Å². The highest BCUT2D eigenvalue weighted by Crippen LogP contribution is 1.95. The number of H-pyrrole nitrogens is 1. The zero-order valence-corrected chi connectivity index (χ0v) is 6.53. The summed E-state index contributed by atoms with van der Waals surface area (Å²) in [5, 5.41) is 9.17. The van der Waals surface area contributed by atoms with Crippen LogP contribution >= 0.6 is 0 Å². The minimum absolute atomic E-state index is 0.104. The number of nitrogens with zero attached hydrogens (tertiary/aromatic N) is 1. The molecule has 0 aromatic carbocycles. The van der Waals surface area contributed by atoms with Crippen LogP contribution in [0.5, 0.6) is 6.01 Å². The summed E-state index contributed by atoms with van der Waals surface area (Å²) in [7, 11) is 0. The largest absolute Gasteiger partial charge is 0.454 e. The quantitative estimate of drug-likeness (QED) is 0.558. The predicted molar refractivity (Wildman–Crippen MR) is 39.3 cm³/mol. The first-order valence-electron chi connectivity index (χ1n) is 3.44. The summed E-state index contributed by atoms with van der Waals surface area (Å²) in [6.07, 6.45) is 1.55. The molecular formula is C7H11N2O2+. The van der Waals surface area contributed by atoms with Crippen LogP contribution in [-0.4, -0.2) is 10.1 Å². The van der Waals surface area contributed by atoms with E-state index in [-0.39, 0.29) is 17.6 Å². The smallest absolute Gasteiger partial charge is 0.446 e. The van der Waals surface area contributed by atoms with Gasteiger partial charge in [0.25, 0.3) is 0 Å². The SMILES string of the molecule is CC(C)[n+]1ccc(=O)[nH]c1O. The maximum Gasteiger partial charge on any atom is 0.454 e. The molecule has 2 N–H and O–H groups in total. The van der Waals surface area contributed by atoms with Crippen molar-refractivity contribution in [3.63, 3.8) is 0 Å². The molecule has 0 saturated heterocycles. The van der Waals surface area contributed by atoms with Crippen molar-refractivity contribution in [2.75, 3.05) is 0 Å². The van der Waals surface area contributed by atoms with Crippen LogP contribution in [0, 0.1) is 0 Å². The van der Waals surface area contributed by atoms with Gasteiger partial charge in [-0.25, -0.2) is 4.79 Å². The Morgan fingerprint density at radius 3 is 2.73 bits per heavy atom. The second-order valence-electron chi connectivity index (χ2n) is 2.63. The fraction of sp³-hybridized carbons (Fsp3) is 0.429. The highest BCUT2D eigenvalue weighted by Gasteiger charge is 2.10. The molecule has 1 rings (SSSR count). The van der Waals surface area contributed by atoms with Crippen LogP contribution in [0.3, 0.4) is 0 Å². The lowest BCUT2D eigenvalue weighted by atomic mass is 10.4. The van der Waals surface area contributed by atoms with Crippen molar-refractivity contribution in [1.82, 2.24) is 4.98 Å². The van der Waals surface area contributed by atoms with E-state index in [4.69, 9.17) is 5.11 Å².